The number of rotatable bonds is 3. The molecule has 1 aromatic rings. The highest BCUT2D eigenvalue weighted by Crippen LogP contribution is 2.37. The maximum atomic E-state index is 6.22. The lowest BCUT2D eigenvalue weighted by atomic mass is 9.85. The van der Waals surface area contributed by atoms with E-state index in [-0.39, 0.29) is 5.54 Å². The summed E-state index contributed by atoms with van der Waals surface area (Å²) in [5, 5.41) is 4.38. The Balaban J connectivity index is 2.31. The number of hydrogen-bond donors (Lipinski definition) is 1. The van der Waals surface area contributed by atoms with Gasteiger partial charge in [0.15, 0.2) is 0 Å². The highest BCUT2D eigenvalue weighted by atomic mass is 35.5. The van der Waals surface area contributed by atoms with Gasteiger partial charge in [0.2, 0.25) is 0 Å². The van der Waals surface area contributed by atoms with E-state index in [1.165, 1.54) is 5.56 Å². The Morgan fingerprint density at radius 2 is 2.31 bits per heavy atom. The van der Waals surface area contributed by atoms with E-state index in [9.17, 15) is 0 Å². The summed E-state index contributed by atoms with van der Waals surface area (Å²) in [4.78, 5) is 0. The van der Waals surface area contributed by atoms with Crippen LogP contribution in [0.2, 0.25) is 5.02 Å². The number of para-hydroxylation sites is 1. The third-order valence-corrected chi connectivity index (χ3v) is 3.78. The van der Waals surface area contributed by atoms with Gasteiger partial charge in [0.25, 0.3) is 0 Å². The Bertz CT molecular complexity index is 380. The Kier molecular flexibility index (Phi) is 3.41. The zero-order valence-electron chi connectivity index (χ0n) is 9.85. The average molecular weight is 240 g/mol. The molecule has 0 fully saturated rings. The highest BCUT2D eigenvalue weighted by Gasteiger charge is 2.32. The molecule has 0 saturated heterocycles. The molecule has 0 saturated carbocycles. The van der Waals surface area contributed by atoms with Crippen molar-refractivity contribution in [2.75, 3.05) is 19.0 Å². The number of fused-ring (bicyclic) bond motifs is 1. The number of methoxy groups -OCH3 is 1. The van der Waals surface area contributed by atoms with Gasteiger partial charge in [0.05, 0.1) is 22.9 Å². The molecular weight excluding hydrogens is 222 g/mol. The highest BCUT2D eigenvalue weighted by molar-refractivity contribution is 6.33. The lowest BCUT2D eigenvalue weighted by Crippen LogP contribution is -2.45. The van der Waals surface area contributed by atoms with E-state index in [1.54, 1.807) is 7.11 Å². The Morgan fingerprint density at radius 3 is 3.00 bits per heavy atom. The van der Waals surface area contributed by atoms with Gasteiger partial charge >= 0.3 is 0 Å². The molecule has 0 aromatic heterocycles. The van der Waals surface area contributed by atoms with E-state index in [1.807, 2.05) is 12.1 Å². The van der Waals surface area contributed by atoms with Gasteiger partial charge in [0.1, 0.15) is 0 Å². The Hall–Kier alpha value is -0.730. The molecule has 1 aliphatic rings. The largest absolute Gasteiger partial charge is 0.382 e. The predicted molar refractivity (Wildman–Crippen MR) is 68.3 cm³/mol. The third kappa shape index (κ3) is 2.04. The summed E-state index contributed by atoms with van der Waals surface area (Å²) in [5.41, 5.74) is 2.45. The van der Waals surface area contributed by atoms with Crippen LogP contribution in [0.1, 0.15) is 25.3 Å². The second kappa shape index (κ2) is 4.64. The molecule has 1 aromatic carbocycles. The molecule has 16 heavy (non-hydrogen) atoms. The molecule has 1 aliphatic heterocycles. The van der Waals surface area contributed by atoms with E-state index in [0.717, 1.165) is 36.6 Å². The molecular formula is C13H18ClNO. The fraction of sp³-hybridized carbons (Fsp3) is 0.538. The maximum absolute atomic E-state index is 6.22. The van der Waals surface area contributed by atoms with Gasteiger partial charge in [-0.15, -0.1) is 0 Å². The van der Waals surface area contributed by atoms with Crippen molar-refractivity contribution >= 4 is 17.3 Å². The van der Waals surface area contributed by atoms with Crippen molar-refractivity contribution in [3.05, 3.63) is 28.8 Å². The SMILES string of the molecule is CCC1(COC)CCc2cccc(Cl)c2N1. The summed E-state index contributed by atoms with van der Waals surface area (Å²) in [6, 6.07) is 6.09. The van der Waals surface area contributed by atoms with Crippen LogP contribution >= 0.6 is 11.6 Å². The van der Waals surface area contributed by atoms with Crippen LogP contribution in [-0.2, 0) is 11.2 Å². The zero-order valence-corrected chi connectivity index (χ0v) is 10.6. The zero-order chi connectivity index (χ0) is 11.6. The Morgan fingerprint density at radius 1 is 1.50 bits per heavy atom. The van der Waals surface area contributed by atoms with Gasteiger partial charge < -0.3 is 10.1 Å². The van der Waals surface area contributed by atoms with Crippen LogP contribution in [0.5, 0.6) is 0 Å². The van der Waals surface area contributed by atoms with E-state index in [0.29, 0.717) is 0 Å². The molecule has 0 bridgehead atoms. The van der Waals surface area contributed by atoms with Crippen LogP contribution in [0.4, 0.5) is 5.69 Å². The second-order valence-corrected chi connectivity index (χ2v) is 4.87. The van der Waals surface area contributed by atoms with E-state index >= 15 is 0 Å². The number of anilines is 1. The van der Waals surface area contributed by atoms with Gasteiger partial charge in [-0.1, -0.05) is 30.7 Å². The molecule has 2 rings (SSSR count). The van der Waals surface area contributed by atoms with Crippen LogP contribution in [0.25, 0.3) is 0 Å². The minimum Gasteiger partial charge on any atom is -0.382 e. The maximum Gasteiger partial charge on any atom is 0.0692 e. The molecule has 1 N–H and O–H groups in total. The number of ether oxygens (including phenoxy) is 1. The third-order valence-electron chi connectivity index (χ3n) is 3.46. The molecule has 1 unspecified atom stereocenters. The van der Waals surface area contributed by atoms with Crippen LogP contribution in [-0.4, -0.2) is 19.3 Å². The molecule has 3 heteroatoms. The summed E-state index contributed by atoms with van der Waals surface area (Å²) < 4.78 is 5.32. The summed E-state index contributed by atoms with van der Waals surface area (Å²) in [6.45, 7) is 2.92. The fourth-order valence-corrected chi connectivity index (χ4v) is 2.61. The van der Waals surface area contributed by atoms with Gasteiger partial charge in [-0.2, -0.15) is 0 Å². The normalized spacial score (nSPS) is 23.7. The number of halogens is 1. The number of benzene rings is 1. The fourth-order valence-electron chi connectivity index (χ4n) is 2.37. The predicted octanol–water partition coefficient (Wildman–Crippen LogP) is 3.49. The van der Waals surface area contributed by atoms with Crippen molar-refractivity contribution in [3.63, 3.8) is 0 Å². The van der Waals surface area contributed by atoms with E-state index < -0.39 is 0 Å². The van der Waals surface area contributed by atoms with Crippen molar-refractivity contribution in [2.24, 2.45) is 0 Å². The minimum atomic E-state index is 0.0484. The molecule has 2 nitrogen and oxygen atoms in total. The standard InChI is InChI=1S/C13H18ClNO/c1-3-13(9-16-2)8-7-10-5-4-6-11(14)12(10)15-13/h4-6,15H,3,7-9H2,1-2H3. The van der Waals surface area contributed by atoms with Crippen molar-refractivity contribution in [2.45, 2.75) is 31.7 Å². The molecule has 0 spiro atoms. The Labute approximate surface area is 102 Å². The topological polar surface area (TPSA) is 21.3 Å². The summed E-state index contributed by atoms with van der Waals surface area (Å²) >= 11 is 6.22. The lowest BCUT2D eigenvalue weighted by Gasteiger charge is -2.39. The first-order chi connectivity index (χ1) is 7.71. The molecule has 0 aliphatic carbocycles. The van der Waals surface area contributed by atoms with Crippen molar-refractivity contribution in [1.29, 1.82) is 0 Å². The molecule has 0 radical (unpaired) electrons. The molecule has 0 amide bonds. The summed E-state index contributed by atoms with van der Waals surface area (Å²) in [5.74, 6) is 0. The lowest BCUT2D eigenvalue weighted by molar-refractivity contribution is 0.133. The first kappa shape index (κ1) is 11.7. The summed E-state index contributed by atoms with van der Waals surface area (Å²) in [7, 11) is 1.75. The van der Waals surface area contributed by atoms with Gasteiger partial charge in [-0.3, -0.25) is 0 Å². The molecule has 88 valence electrons. The quantitative estimate of drug-likeness (QED) is 0.872. The minimum absolute atomic E-state index is 0.0484. The second-order valence-electron chi connectivity index (χ2n) is 4.47. The number of hydrogen-bond acceptors (Lipinski definition) is 2. The number of aryl methyl sites for hydroxylation is 1. The van der Waals surface area contributed by atoms with Crippen molar-refractivity contribution < 1.29 is 4.74 Å². The number of nitrogens with one attached hydrogen (secondary N) is 1. The molecule has 1 atom stereocenters. The van der Waals surface area contributed by atoms with Crippen LogP contribution in [0, 0.1) is 0 Å². The van der Waals surface area contributed by atoms with Crippen LogP contribution in [0.15, 0.2) is 18.2 Å². The first-order valence-corrected chi connectivity index (χ1v) is 6.13. The first-order valence-electron chi connectivity index (χ1n) is 5.75. The van der Waals surface area contributed by atoms with E-state index in [4.69, 9.17) is 16.3 Å². The van der Waals surface area contributed by atoms with Gasteiger partial charge in [-0.05, 0) is 30.9 Å². The monoisotopic (exact) mass is 239 g/mol. The van der Waals surface area contributed by atoms with Gasteiger partial charge in [-0.25, -0.2) is 0 Å². The van der Waals surface area contributed by atoms with E-state index in [2.05, 4.69) is 18.3 Å². The smallest absolute Gasteiger partial charge is 0.0692 e. The molecule has 1 heterocycles. The van der Waals surface area contributed by atoms with Crippen LogP contribution in [0.3, 0.4) is 0 Å². The van der Waals surface area contributed by atoms with Crippen LogP contribution < -0.4 is 5.32 Å². The van der Waals surface area contributed by atoms with Crippen molar-refractivity contribution in [3.8, 4) is 0 Å². The van der Waals surface area contributed by atoms with Crippen molar-refractivity contribution in [1.82, 2.24) is 0 Å². The summed E-state index contributed by atoms with van der Waals surface area (Å²) in [6.07, 6.45) is 3.22. The van der Waals surface area contributed by atoms with Gasteiger partial charge in [0, 0.05) is 7.11 Å². The average Bonchev–Trinajstić information content (AvgIpc) is 2.31.